The van der Waals surface area contributed by atoms with Gasteiger partial charge in [0.05, 0.1) is 18.2 Å². The molecule has 0 aliphatic heterocycles. The number of carboxylic acid groups (broad SMARTS) is 1. The first kappa shape index (κ1) is 13.1. The zero-order chi connectivity index (χ0) is 11.8. The Labute approximate surface area is 87.5 Å². The number of methoxy groups -OCH3 is 1. The van der Waals surface area contributed by atoms with E-state index in [-0.39, 0.29) is 11.1 Å². The van der Waals surface area contributed by atoms with Crippen LogP contribution in [0.1, 0.15) is 20.7 Å². The highest BCUT2D eigenvalue weighted by Crippen LogP contribution is 2.06. The number of carbonyl (C=O) groups excluding carboxylic acids is 1. The van der Waals surface area contributed by atoms with Crippen LogP contribution < -0.4 is 5.73 Å². The molecule has 1 rings (SSSR count). The van der Waals surface area contributed by atoms with Crippen LogP contribution in [0.5, 0.6) is 0 Å². The third-order valence-corrected chi connectivity index (χ3v) is 1.53. The first-order valence-electron chi connectivity index (χ1n) is 4.14. The Balaban J connectivity index is 0.000000921. The molecule has 0 aromatic heterocycles. The first-order chi connectivity index (χ1) is 7.15. The maximum absolute atomic E-state index is 11.0. The van der Waals surface area contributed by atoms with Gasteiger partial charge in [-0.05, 0) is 25.2 Å². The molecule has 1 aromatic rings. The van der Waals surface area contributed by atoms with Crippen molar-refractivity contribution in [2.75, 3.05) is 14.2 Å². The van der Waals surface area contributed by atoms with E-state index in [1.54, 1.807) is 0 Å². The number of hydrogen-bond donors (Lipinski definition) is 2. The quantitative estimate of drug-likeness (QED) is 0.704. The maximum Gasteiger partial charge on any atom is 0.337 e. The van der Waals surface area contributed by atoms with Gasteiger partial charge in [0.2, 0.25) is 0 Å². The second-order valence-corrected chi connectivity index (χ2v) is 2.38. The van der Waals surface area contributed by atoms with Crippen LogP contribution in [0.4, 0.5) is 0 Å². The van der Waals surface area contributed by atoms with E-state index in [4.69, 9.17) is 5.11 Å². The van der Waals surface area contributed by atoms with E-state index < -0.39 is 11.9 Å². The number of ether oxygens (including phenoxy) is 1. The predicted molar refractivity (Wildman–Crippen MR) is 54.9 cm³/mol. The fourth-order valence-corrected chi connectivity index (χ4v) is 0.897. The van der Waals surface area contributed by atoms with Crippen LogP contribution in [0, 0.1) is 0 Å². The lowest BCUT2D eigenvalue weighted by atomic mass is 10.1. The molecule has 5 heteroatoms. The average Bonchev–Trinajstić information content (AvgIpc) is 2.30. The van der Waals surface area contributed by atoms with Gasteiger partial charge >= 0.3 is 11.9 Å². The minimum absolute atomic E-state index is 0.0721. The van der Waals surface area contributed by atoms with Gasteiger partial charge in [0.25, 0.3) is 0 Å². The zero-order valence-electron chi connectivity index (χ0n) is 8.56. The topological polar surface area (TPSA) is 89.6 Å². The highest BCUT2D eigenvalue weighted by Gasteiger charge is 2.08. The van der Waals surface area contributed by atoms with Gasteiger partial charge in [-0.2, -0.15) is 0 Å². The Morgan fingerprint density at radius 3 is 2.27 bits per heavy atom. The standard InChI is InChI=1S/C9H8O4.CH5N/c1-13-9(12)7-4-2-3-6(5-7)8(10)11;1-2/h2-5H,1H3,(H,10,11);2H2,1H3. The Kier molecular flexibility index (Phi) is 5.73. The summed E-state index contributed by atoms with van der Waals surface area (Å²) in [6, 6.07) is 5.68. The molecule has 0 saturated carbocycles. The molecule has 0 atom stereocenters. The smallest absolute Gasteiger partial charge is 0.337 e. The van der Waals surface area contributed by atoms with E-state index in [1.807, 2.05) is 0 Å². The summed E-state index contributed by atoms with van der Waals surface area (Å²) >= 11 is 0. The fourth-order valence-electron chi connectivity index (χ4n) is 0.897. The predicted octanol–water partition coefficient (Wildman–Crippen LogP) is 0.746. The first-order valence-corrected chi connectivity index (χ1v) is 4.14. The monoisotopic (exact) mass is 211 g/mol. The van der Waals surface area contributed by atoms with E-state index >= 15 is 0 Å². The van der Waals surface area contributed by atoms with Crippen LogP contribution in [0.15, 0.2) is 24.3 Å². The highest BCUT2D eigenvalue weighted by molar-refractivity contribution is 5.94. The number of esters is 1. The SMILES string of the molecule is CN.COC(=O)c1cccc(C(=O)O)c1. The summed E-state index contributed by atoms with van der Waals surface area (Å²) in [4.78, 5) is 21.5. The Morgan fingerprint density at radius 2 is 1.80 bits per heavy atom. The van der Waals surface area contributed by atoms with Gasteiger partial charge in [0, 0.05) is 0 Å². The lowest BCUT2D eigenvalue weighted by Gasteiger charge is -1.99. The average molecular weight is 211 g/mol. The van der Waals surface area contributed by atoms with Crippen LogP contribution in [0.2, 0.25) is 0 Å². The second-order valence-electron chi connectivity index (χ2n) is 2.38. The largest absolute Gasteiger partial charge is 0.478 e. The van der Waals surface area contributed by atoms with Crippen molar-refractivity contribution in [3.8, 4) is 0 Å². The molecule has 0 spiro atoms. The van der Waals surface area contributed by atoms with E-state index in [0.29, 0.717) is 0 Å². The van der Waals surface area contributed by atoms with Gasteiger partial charge in [-0.15, -0.1) is 0 Å². The van der Waals surface area contributed by atoms with Crippen molar-refractivity contribution in [3.05, 3.63) is 35.4 Å². The molecule has 0 bridgehead atoms. The van der Waals surface area contributed by atoms with Crippen molar-refractivity contribution in [2.45, 2.75) is 0 Å². The number of nitrogens with two attached hydrogens (primary N) is 1. The molecule has 0 fully saturated rings. The fraction of sp³-hybridized carbons (Fsp3) is 0.200. The summed E-state index contributed by atoms with van der Waals surface area (Å²) in [7, 11) is 2.75. The van der Waals surface area contributed by atoms with Crippen LogP contribution in [-0.4, -0.2) is 31.2 Å². The van der Waals surface area contributed by atoms with E-state index in [9.17, 15) is 9.59 Å². The van der Waals surface area contributed by atoms with Gasteiger partial charge in [-0.1, -0.05) is 6.07 Å². The van der Waals surface area contributed by atoms with E-state index in [0.717, 1.165) is 0 Å². The van der Waals surface area contributed by atoms with Crippen molar-refractivity contribution >= 4 is 11.9 Å². The highest BCUT2D eigenvalue weighted by atomic mass is 16.5. The summed E-state index contributed by atoms with van der Waals surface area (Å²) in [5, 5.41) is 8.61. The molecule has 0 radical (unpaired) electrons. The molecule has 0 heterocycles. The van der Waals surface area contributed by atoms with E-state index in [2.05, 4.69) is 10.5 Å². The van der Waals surface area contributed by atoms with Crippen LogP contribution >= 0.6 is 0 Å². The minimum Gasteiger partial charge on any atom is -0.478 e. The Bertz CT molecular complexity index is 349. The van der Waals surface area contributed by atoms with Crippen molar-refractivity contribution in [1.29, 1.82) is 0 Å². The van der Waals surface area contributed by atoms with Gasteiger partial charge < -0.3 is 15.6 Å². The Hall–Kier alpha value is -1.88. The lowest BCUT2D eigenvalue weighted by molar-refractivity contribution is 0.0600. The molecule has 0 unspecified atom stereocenters. The molecule has 0 aliphatic rings. The van der Waals surface area contributed by atoms with Crippen molar-refractivity contribution in [3.63, 3.8) is 0 Å². The number of carboxylic acids is 1. The van der Waals surface area contributed by atoms with Crippen LogP contribution in [0.25, 0.3) is 0 Å². The second kappa shape index (κ2) is 6.56. The number of carbonyl (C=O) groups is 2. The third kappa shape index (κ3) is 3.78. The number of aromatic carboxylic acids is 1. The van der Waals surface area contributed by atoms with Crippen LogP contribution in [0.3, 0.4) is 0 Å². The number of hydrogen-bond acceptors (Lipinski definition) is 4. The van der Waals surface area contributed by atoms with Crippen molar-refractivity contribution in [1.82, 2.24) is 0 Å². The van der Waals surface area contributed by atoms with Gasteiger partial charge in [-0.3, -0.25) is 0 Å². The van der Waals surface area contributed by atoms with Gasteiger partial charge in [0.1, 0.15) is 0 Å². The molecule has 15 heavy (non-hydrogen) atoms. The molecule has 0 saturated heterocycles. The lowest BCUT2D eigenvalue weighted by Crippen LogP contribution is -2.03. The Morgan fingerprint density at radius 1 is 1.27 bits per heavy atom. The summed E-state index contributed by atoms with van der Waals surface area (Å²) in [5.74, 6) is -1.60. The van der Waals surface area contributed by atoms with Crippen molar-refractivity contribution < 1.29 is 19.4 Å². The summed E-state index contributed by atoms with van der Waals surface area (Å²) < 4.78 is 4.44. The third-order valence-electron chi connectivity index (χ3n) is 1.53. The summed E-state index contributed by atoms with van der Waals surface area (Å²) in [6.07, 6.45) is 0. The number of rotatable bonds is 2. The molecular formula is C10H13NO4. The maximum atomic E-state index is 11.0. The van der Waals surface area contributed by atoms with Crippen LogP contribution in [-0.2, 0) is 4.74 Å². The summed E-state index contributed by atoms with van der Waals surface area (Å²) in [6.45, 7) is 0. The van der Waals surface area contributed by atoms with E-state index in [1.165, 1.54) is 38.4 Å². The minimum atomic E-state index is -1.06. The van der Waals surface area contributed by atoms with Gasteiger partial charge in [0.15, 0.2) is 0 Å². The molecule has 3 N–H and O–H groups in total. The molecule has 0 amide bonds. The summed E-state index contributed by atoms with van der Waals surface area (Å²) in [5.41, 5.74) is 4.81. The number of benzene rings is 1. The molecule has 82 valence electrons. The normalized spacial score (nSPS) is 8.47. The van der Waals surface area contributed by atoms with Crippen molar-refractivity contribution in [2.24, 2.45) is 5.73 Å². The zero-order valence-corrected chi connectivity index (χ0v) is 8.56. The van der Waals surface area contributed by atoms with Gasteiger partial charge in [-0.25, -0.2) is 9.59 Å². The molecule has 5 nitrogen and oxygen atoms in total. The molecule has 1 aromatic carbocycles. The molecular weight excluding hydrogens is 198 g/mol. The molecule has 0 aliphatic carbocycles.